The maximum atomic E-state index is 13.0. The van der Waals surface area contributed by atoms with E-state index in [9.17, 15) is 19.2 Å². The van der Waals surface area contributed by atoms with Gasteiger partial charge in [0.2, 0.25) is 0 Å². The lowest BCUT2D eigenvalue weighted by atomic mass is 10.1. The van der Waals surface area contributed by atoms with E-state index in [1.165, 1.54) is 14.2 Å². The topological polar surface area (TPSA) is 185 Å². The molecule has 15 heteroatoms. The first kappa shape index (κ1) is 40.4. The van der Waals surface area contributed by atoms with Gasteiger partial charge in [0.25, 0.3) is 11.8 Å². The van der Waals surface area contributed by atoms with Crippen molar-refractivity contribution in [3.63, 3.8) is 0 Å². The van der Waals surface area contributed by atoms with Gasteiger partial charge in [0.15, 0.2) is 0 Å². The minimum Gasteiger partial charge on any atom is -0.467 e. The van der Waals surface area contributed by atoms with E-state index in [2.05, 4.69) is 31.3 Å². The molecule has 0 spiro atoms. The fraction of sp³-hybridized carbons (Fsp3) is 0.178. The zero-order valence-corrected chi connectivity index (χ0v) is 32.8. The molecule has 302 valence electrons. The Labute approximate surface area is 345 Å². The second kappa shape index (κ2) is 19.1. The average Bonchev–Trinajstić information content (AvgIpc) is 3.97. The van der Waals surface area contributed by atoms with Gasteiger partial charge in [-0.1, -0.05) is 101 Å². The van der Waals surface area contributed by atoms with Crippen molar-refractivity contribution in [1.29, 1.82) is 0 Å². The van der Waals surface area contributed by atoms with Gasteiger partial charge < -0.3 is 20.1 Å². The minimum absolute atomic E-state index is 0.308. The van der Waals surface area contributed by atoms with Crippen molar-refractivity contribution < 1.29 is 28.7 Å². The SMILES string of the molecule is COC(=O)[C@H](Cc1ccccc1)NC(=O)c1ccc(Cn2cc(-c3cccc(-c4cn(Cc5ccc(C(=O)N[C@@H](Cc6ccccc6)C(=O)OC)cc5)nn4)n3)nn2)cc1. The lowest BCUT2D eigenvalue weighted by molar-refractivity contribution is -0.143. The molecule has 0 fully saturated rings. The molecule has 3 aromatic heterocycles. The smallest absolute Gasteiger partial charge is 0.328 e. The molecular formula is C45H41N9O6. The number of aromatic nitrogens is 7. The molecule has 0 saturated heterocycles. The second-order valence-corrected chi connectivity index (χ2v) is 13.9. The third kappa shape index (κ3) is 10.4. The number of rotatable bonds is 16. The van der Waals surface area contributed by atoms with Crippen molar-refractivity contribution >= 4 is 23.8 Å². The Hall–Kier alpha value is -7.81. The zero-order chi connectivity index (χ0) is 41.8. The van der Waals surface area contributed by atoms with E-state index in [-0.39, 0.29) is 11.8 Å². The number of carbonyl (C=O) groups excluding carboxylic acids is 4. The average molecular weight is 804 g/mol. The summed E-state index contributed by atoms with van der Waals surface area (Å²) in [4.78, 5) is 55.7. The molecule has 0 aliphatic rings. The molecule has 60 heavy (non-hydrogen) atoms. The van der Waals surface area contributed by atoms with Gasteiger partial charge in [-0.2, -0.15) is 0 Å². The number of esters is 2. The summed E-state index contributed by atoms with van der Waals surface area (Å²) in [6.45, 7) is 0.797. The summed E-state index contributed by atoms with van der Waals surface area (Å²) in [5.41, 5.74) is 6.72. The fourth-order valence-corrected chi connectivity index (χ4v) is 6.46. The highest BCUT2D eigenvalue weighted by Crippen LogP contribution is 2.21. The van der Waals surface area contributed by atoms with Crippen LogP contribution in [0, 0.1) is 0 Å². The Balaban J connectivity index is 0.937. The van der Waals surface area contributed by atoms with Crippen LogP contribution in [-0.4, -0.2) is 85.0 Å². The molecule has 2 amide bonds. The van der Waals surface area contributed by atoms with Crippen LogP contribution in [0.3, 0.4) is 0 Å². The second-order valence-electron chi connectivity index (χ2n) is 13.9. The summed E-state index contributed by atoms with van der Waals surface area (Å²) in [6, 6.07) is 36.8. The maximum Gasteiger partial charge on any atom is 0.328 e. The number of ether oxygens (including phenoxy) is 2. The highest BCUT2D eigenvalue weighted by molar-refractivity contribution is 5.97. The predicted octanol–water partition coefficient (Wildman–Crippen LogP) is 4.72. The molecule has 0 radical (unpaired) electrons. The van der Waals surface area contributed by atoms with Crippen molar-refractivity contribution in [2.45, 2.75) is 38.0 Å². The summed E-state index contributed by atoms with van der Waals surface area (Å²) in [7, 11) is 2.59. The predicted molar refractivity (Wildman–Crippen MR) is 220 cm³/mol. The van der Waals surface area contributed by atoms with E-state index in [4.69, 9.17) is 14.5 Å². The molecule has 7 rings (SSSR count). The Bertz CT molecular complexity index is 2380. The molecule has 3 heterocycles. The molecule has 0 aliphatic heterocycles. The number of methoxy groups -OCH3 is 2. The third-order valence-electron chi connectivity index (χ3n) is 9.62. The van der Waals surface area contributed by atoms with E-state index >= 15 is 0 Å². The van der Waals surface area contributed by atoms with Gasteiger partial charge in [-0.05, 0) is 58.7 Å². The molecule has 2 atom stereocenters. The van der Waals surface area contributed by atoms with Crippen LogP contribution < -0.4 is 10.6 Å². The Kier molecular flexibility index (Phi) is 12.8. The number of amides is 2. The third-order valence-corrected chi connectivity index (χ3v) is 9.62. The van der Waals surface area contributed by atoms with Crippen LogP contribution in [-0.2, 0) is 45.0 Å². The van der Waals surface area contributed by atoms with Crippen molar-refractivity contribution in [2.75, 3.05) is 14.2 Å². The number of hydrogen-bond acceptors (Lipinski definition) is 11. The molecule has 4 aromatic carbocycles. The van der Waals surface area contributed by atoms with Gasteiger partial charge in [0, 0.05) is 24.0 Å². The summed E-state index contributed by atoms with van der Waals surface area (Å²) in [5.74, 6) is -1.81. The largest absolute Gasteiger partial charge is 0.467 e. The van der Waals surface area contributed by atoms with Crippen LogP contribution in [0.1, 0.15) is 43.0 Å². The van der Waals surface area contributed by atoms with Gasteiger partial charge >= 0.3 is 11.9 Å². The number of nitrogens with zero attached hydrogens (tertiary/aromatic N) is 7. The first-order valence-electron chi connectivity index (χ1n) is 19.1. The van der Waals surface area contributed by atoms with Crippen LogP contribution in [0.2, 0.25) is 0 Å². The number of pyridine rings is 1. The summed E-state index contributed by atoms with van der Waals surface area (Å²) in [5, 5.41) is 22.8. The lowest BCUT2D eigenvalue weighted by Crippen LogP contribution is -2.43. The number of nitrogens with one attached hydrogen (secondary N) is 2. The number of benzene rings is 4. The van der Waals surface area contributed by atoms with Crippen LogP contribution in [0.25, 0.3) is 22.8 Å². The molecule has 0 unspecified atom stereocenters. The maximum absolute atomic E-state index is 13.0. The fourth-order valence-electron chi connectivity index (χ4n) is 6.46. The summed E-state index contributed by atoms with van der Waals surface area (Å²) >= 11 is 0. The van der Waals surface area contributed by atoms with Gasteiger partial charge in [-0.3, -0.25) is 9.59 Å². The van der Waals surface area contributed by atoms with Gasteiger partial charge in [0.1, 0.15) is 23.5 Å². The normalized spacial score (nSPS) is 11.9. The Morgan fingerprint density at radius 3 is 1.28 bits per heavy atom. The van der Waals surface area contributed by atoms with Gasteiger partial charge in [-0.25, -0.2) is 23.9 Å². The zero-order valence-electron chi connectivity index (χ0n) is 32.8. The lowest BCUT2D eigenvalue weighted by Gasteiger charge is -2.17. The molecule has 15 nitrogen and oxygen atoms in total. The molecular weight excluding hydrogens is 763 g/mol. The quantitative estimate of drug-likeness (QED) is 0.129. The van der Waals surface area contributed by atoms with Crippen LogP contribution in [0.15, 0.2) is 140 Å². The molecule has 0 aliphatic carbocycles. The van der Waals surface area contributed by atoms with Crippen molar-refractivity contribution in [3.8, 4) is 22.8 Å². The van der Waals surface area contributed by atoms with E-state index < -0.39 is 24.0 Å². The summed E-state index contributed by atoms with van der Waals surface area (Å²) < 4.78 is 13.2. The molecule has 2 N–H and O–H groups in total. The van der Waals surface area contributed by atoms with Crippen LogP contribution in [0.5, 0.6) is 0 Å². The standard InChI is InChI=1S/C45H41N9O6/c1-59-44(57)38(24-30-10-5-3-6-11-30)47-42(55)34-20-16-32(17-21-34)26-53-28-40(49-51-53)36-14-9-15-37(46-36)41-29-54(52-50-41)27-33-18-22-35(23-19-33)43(56)48-39(45(58)60-2)25-31-12-7-4-8-13-31/h3-23,28-29,38-39H,24-27H2,1-2H3,(H,47,55)(H,48,56)/t38-,39-/m0/s1. The Morgan fingerprint density at radius 1 is 0.500 bits per heavy atom. The monoisotopic (exact) mass is 803 g/mol. The van der Waals surface area contributed by atoms with Crippen LogP contribution in [0.4, 0.5) is 0 Å². The highest BCUT2D eigenvalue weighted by Gasteiger charge is 2.24. The first-order chi connectivity index (χ1) is 29.2. The van der Waals surface area contributed by atoms with E-state index in [1.807, 2.05) is 103 Å². The Morgan fingerprint density at radius 2 is 0.900 bits per heavy atom. The van der Waals surface area contributed by atoms with Gasteiger partial charge in [-0.15, -0.1) is 10.2 Å². The van der Waals surface area contributed by atoms with E-state index in [0.717, 1.165) is 22.3 Å². The molecule has 7 aromatic rings. The van der Waals surface area contributed by atoms with Crippen molar-refractivity contribution in [3.05, 3.63) is 173 Å². The summed E-state index contributed by atoms with van der Waals surface area (Å²) in [6.07, 6.45) is 4.19. The highest BCUT2D eigenvalue weighted by atomic mass is 16.5. The van der Waals surface area contributed by atoms with Gasteiger partial charge in [0.05, 0.1) is 51.1 Å². The van der Waals surface area contributed by atoms with Crippen LogP contribution >= 0.6 is 0 Å². The van der Waals surface area contributed by atoms with E-state index in [0.29, 0.717) is 59.8 Å². The van der Waals surface area contributed by atoms with E-state index in [1.54, 1.807) is 46.0 Å². The van der Waals surface area contributed by atoms with Crippen molar-refractivity contribution in [1.82, 2.24) is 45.6 Å². The molecule has 0 bridgehead atoms. The van der Waals surface area contributed by atoms with Crippen molar-refractivity contribution in [2.24, 2.45) is 0 Å². The molecule has 0 saturated carbocycles. The number of hydrogen-bond donors (Lipinski definition) is 2. The number of carbonyl (C=O) groups is 4. The minimum atomic E-state index is -0.828. The first-order valence-corrected chi connectivity index (χ1v) is 19.1.